The molecule has 148 valence electrons. The minimum Gasteiger partial charge on any atom is -0.497 e. The molecule has 0 amide bonds. The summed E-state index contributed by atoms with van der Waals surface area (Å²) in [6, 6.07) is 9.49. The molecular formula is C20H19F3N2O3. The average Bonchev–Trinajstić information content (AvgIpc) is 3.10. The van der Waals surface area contributed by atoms with Crippen molar-refractivity contribution in [2.45, 2.75) is 18.8 Å². The predicted molar refractivity (Wildman–Crippen MR) is 97.9 cm³/mol. The number of rotatable bonds is 6. The molecule has 28 heavy (non-hydrogen) atoms. The summed E-state index contributed by atoms with van der Waals surface area (Å²) in [5.41, 5.74) is 1.08. The number of halogens is 3. The normalized spacial score (nSPS) is 12.8. The van der Waals surface area contributed by atoms with Gasteiger partial charge in [-0.2, -0.15) is 13.2 Å². The second kappa shape index (κ2) is 7.93. The highest BCUT2D eigenvalue weighted by molar-refractivity contribution is 5.90. The van der Waals surface area contributed by atoms with Crippen LogP contribution in [0.2, 0.25) is 0 Å². The van der Waals surface area contributed by atoms with Gasteiger partial charge in [0.25, 0.3) is 0 Å². The Balaban J connectivity index is 1.89. The number of H-pyrrole nitrogens is 1. The number of ether oxygens (including phenoxy) is 2. The Morgan fingerprint density at radius 3 is 2.64 bits per heavy atom. The molecule has 1 aromatic heterocycles. The zero-order valence-electron chi connectivity index (χ0n) is 15.3. The number of benzene rings is 2. The van der Waals surface area contributed by atoms with E-state index in [1.54, 1.807) is 24.4 Å². The zero-order chi connectivity index (χ0) is 20.3. The van der Waals surface area contributed by atoms with E-state index >= 15 is 0 Å². The average molecular weight is 392 g/mol. The van der Waals surface area contributed by atoms with Crippen molar-refractivity contribution in [3.8, 4) is 5.75 Å². The fourth-order valence-corrected chi connectivity index (χ4v) is 3.00. The molecule has 0 spiro atoms. The van der Waals surface area contributed by atoms with Crippen LogP contribution >= 0.6 is 0 Å². The molecule has 0 bridgehead atoms. The Labute approximate surface area is 159 Å². The Morgan fingerprint density at radius 1 is 1.18 bits per heavy atom. The van der Waals surface area contributed by atoms with E-state index in [2.05, 4.69) is 10.3 Å². The summed E-state index contributed by atoms with van der Waals surface area (Å²) < 4.78 is 48.8. The maximum Gasteiger partial charge on any atom is 0.416 e. The molecule has 3 rings (SSSR count). The van der Waals surface area contributed by atoms with Crippen LogP contribution in [0.1, 0.15) is 22.7 Å². The van der Waals surface area contributed by atoms with Gasteiger partial charge in [-0.05, 0) is 29.8 Å². The first-order valence-electron chi connectivity index (χ1n) is 8.46. The third kappa shape index (κ3) is 4.12. The molecular weight excluding hydrogens is 373 g/mol. The summed E-state index contributed by atoms with van der Waals surface area (Å²) >= 11 is 0. The lowest BCUT2D eigenvalue weighted by molar-refractivity contribution is -0.143. The van der Waals surface area contributed by atoms with Crippen LogP contribution in [0.5, 0.6) is 5.75 Å². The van der Waals surface area contributed by atoms with Crippen molar-refractivity contribution in [2.75, 3.05) is 14.2 Å². The minimum absolute atomic E-state index is 0.0559. The van der Waals surface area contributed by atoms with E-state index in [9.17, 15) is 18.0 Å². The molecule has 5 nitrogen and oxygen atoms in total. The maximum absolute atomic E-state index is 12.9. The van der Waals surface area contributed by atoms with Crippen molar-refractivity contribution < 1.29 is 27.4 Å². The quantitative estimate of drug-likeness (QED) is 0.618. The van der Waals surface area contributed by atoms with Gasteiger partial charge in [0.1, 0.15) is 11.8 Å². The van der Waals surface area contributed by atoms with Gasteiger partial charge in [0.2, 0.25) is 0 Å². The zero-order valence-corrected chi connectivity index (χ0v) is 15.3. The lowest BCUT2D eigenvalue weighted by atomic mass is 10.0. The van der Waals surface area contributed by atoms with Crippen LogP contribution in [0.25, 0.3) is 10.9 Å². The van der Waals surface area contributed by atoms with Gasteiger partial charge in [0.05, 0.1) is 19.8 Å². The molecule has 0 aliphatic carbocycles. The van der Waals surface area contributed by atoms with Crippen LogP contribution in [-0.4, -0.2) is 25.2 Å². The highest BCUT2D eigenvalue weighted by Crippen LogP contribution is 2.31. The third-order valence-electron chi connectivity index (χ3n) is 4.43. The summed E-state index contributed by atoms with van der Waals surface area (Å²) in [6.07, 6.45) is -2.75. The van der Waals surface area contributed by atoms with E-state index in [1.165, 1.54) is 20.3 Å². The molecule has 3 aromatic rings. The molecule has 1 atom stereocenters. The second-order valence-electron chi connectivity index (χ2n) is 6.19. The lowest BCUT2D eigenvalue weighted by Gasteiger charge is -2.17. The minimum atomic E-state index is -4.43. The number of hydrogen-bond donors (Lipinski definition) is 2. The fraction of sp³-hybridized carbons (Fsp3) is 0.250. The van der Waals surface area contributed by atoms with E-state index in [4.69, 9.17) is 9.47 Å². The number of nitrogens with one attached hydrogen (secondary N) is 2. The Bertz CT molecular complexity index is 982. The van der Waals surface area contributed by atoms with Crippen molar-refractivity contribution in [2.24, 2.45) is 0 Å². The van der Waals surface area contributed by atoms with Crippen molar-refractivity contribution in [1.29, 1.82) is 0 Å². The molecule has 1 unspecified atom stereocenters. The van der Waals surface area contributed by atoms with Crippen LogP contribution in [0.4, 0.5) is 13.2 Å². The number of methoxy groups -OCH3 is 2. The van der Waals surface area contributed by atoms with Crippen LogP contribution in [0.15, 0.2) is 48.7 Å². The third-order valence-corrected chi connectivity index (χ3v) is 4.43. The second-order valence-corrected chi connectivity index (χ2v) is 6.19. The molecule has 2 N–H and O–H groups in total. The van der Waals surface area contributed by atoms with Crippen LogP contribution < -0.4 is 10.1 Å². The molecule has 0 saturated carbocycles. The van der Waals surface area contributed by atoms with Crippen molar-refractivity contribution in [3.63, 3.8) is 0 Å². The molecule has 0 aliphatic heterocycles. The van der Waals surface area contributed by atoms with E-state index in [0.717, 1.165) is 23.0 Å². The molecule has 8 heteroatoms. The van der Waals surface area contributed by atoms with Gasteiger partial charge in [-0.15, -0.1) is 0 Å². The largest absolute Gasteiger partial charge is 0.497 e. The Kier molecular flexibility index (Phi) is 5.60. The summed E-state index contributed by atoms with van der Waals surface area (Å²) in [5, 5.41) is 3.75. The number of alkyl halides is 3. The smallest absolute Gasteiger partial charge is 0.416 e. The van der Waals surface area contributed by atoms with Gasteiger partial charge in [-0.25, -0.2) is 4.79 Å². The van der Waals surface area contributed by atoms with Gasteiger partial charge in [-0.1, -0.05) is 18.2 Å². The molecule has 0 saturated heterocycles. The van der Waals surface area contributed by atoms with Gasteiger partial charge < -0.3 is 14.5 Å². The number of carbonyl (C=O) groups excluding carboxylic acids is 1. The Morgan fingerprint density at radius 2 is 1.96 bits per heavy atom. The van der Waals surface area contributed by atoms with E-state index in [1.807, 2.05) is 6.07 Å². The van der Waals surface area contributed by atoms with Gasteiger partial charge in [0, 0.05) is 29.2 Å². The van der Waals surface area contributed by atoms with Gasteiger partial charge in [-0.3, -0.25) is 5.32 Å². The molecule has 2 aromatic carbocycles. The number of hydrogen-bond acceptors (Lipinski definition) is 4. The lowest BCUT2D eigenvalue weighted by Crippen LogP contribution is -2.29. The number of fused-ring (bicyclic) bond motifs is 1. The highest BCUT2D eigenvalue weighted by Gasteiger charge is 2.30. The number of aromatic nitrogens is 1. The first kappa shape index (κ1) is 19.8. The Hall–Kier alpha value is -3.00. The van der Waals surface area contributed by atoms with Crippen LogP contribution in [0.3, 0.4) is 0 Å². The monoisotopic (exact) mass is 392 g/mol. The van der Waals surface area contributed by atoms with Gasteiger partial charge in [0.15, 0.2) is 0 Å². The van der Waals surface area contributed by atoms with E-state index in [0.29, 0.717) is 16.9 Å². The summed E-state index contributed by atoms with van der Waals surface area (Å²) in [4.78, 5) is 15.4. The van der Waals surface area contributed by atoms with Gasteiger partial charge >= 0.3 is 12.1 Å². The topological polar surface area (TPSA) is 63.3 Å². The first-order valence-corrected chi connectivity index (χ1v) is 8.46. The maximum atomic E-state index is 12.9. The molecule has 1 heterocycles. The molecule has 0 radical (unpaired) electrons. The summed E-state index contributed by atoms with van der Waals surface area (Å²) in [7, 11) is 2.80. The summed E-state index contributed by atoms with van der Waals surface area (Å²) in [5.74, 6) is 0.0746. The fourth-order valence-electron chi connectivity index (χ4n) is 3.00. The number of aromatic amines is 1. The standard InChI is InChI=1S/C20H19F3N2O3/c1-27-14-6-7-17-15(9-14)16(11-24-17)18(19(26)28-2)25-10-12-4-3-5-13(8-12)20(21,22)23/h3-9,11,18,24-25H,10H2,1-2H3. The first-order chi connectivity index (χ1) is 13.3. The number of esters is 1. The van der Waals surface area contributed by atoms with E-state index < -0.39 is 23.8 Å². The van der Waals surface area contributed by atoms with E-state index in [-0.39, 0.29) is 6.54 Å². The highest BCUT2D eigenvalue weighted by atomic mass is 19.4. The molecule has 0 fully saturated rings. The van der Waals surface area contributed by atoms with Crippen molar-refractivity contribution in [3.05, 3.63) is 65.4 Å². The number of carbonyl (C=O) groups is 1. The SMILES string of the molecule is COC(=O)C(NCc1cccc(C(F)(F)F)c1)c1c[nH]c2ccc(OC)cc12. The van der Waals surface area contributed by atoms with Crippen molar-refractivity contribution in [1.82, 2.24) is 10.3 Å². The van der Waals surface area contributed by atoms with Crippen molar-refractivity contribution >= 4 is 16.9 Å². The van der Waals surface area contributed by atoms with Crippen LogP contribution in [0, 0.1) is 0 Å². The molecule has 0 aliphatic rings. The predicted octanol–water partition coefficient (Wildman–Crippen LogP) is 4.20. The summed E-state index contributed by atoms with van der Waals surface area (Å²) in [6.45, 7) is 0.0559. The van der Waals surface area contributed by atoms with Crippen LogP contribution in [-0.2, 0) is 22.3 Å².